The highest BCUT2D eigenvalue weighted by Gasteiger charge is 2.16. The molecule has 1 atom stereocenters. The number of likely N-dealkylation sites (tertiary alicyclic amines) is 1. The summed E-state index contributed by atoms with van der Waals surface area (Å²) in [5.74, 6) is -0.163. The van der Waals surface area contributed by atoms with Crippen LogP contribution in [0.15, 0.2) is 23.1 Å². The molecule has 110 valence electrons. The standard InChI is InChI=1S/C14H22N4O2/c1-11(8-17-6-2-3-7-17)16-13(19)10-18-9-12(15)4-5-14(18)20/h4-5,9,11H,2-3,6-8,10,15H2,1H3,(H,16,19). The summed E-state index contributed by atoms with van der Waals surface area (Å²) in [4.78, 5) is 25.9. The van der Waals surface area contributed by atoms with Crippen molar-refractivity contribution in [1.29, 1.82) is 0 Å². The van der Waals surface area contributed by atoms with Gasteiger partial charge in [-0.05, 0) is 38.9 Å². The molecule has 20 heavy (non-hydrogen) atoms. The number of amides is 1. The van der Waals surface area contributed by atoms with E-state index in [1.54, 1.807) is 0 Å². The molecule has 2 heterocycles. The highest BCUT2D eigenvalue weighted by molar-refractivity contribution is 5.76. The van der Waals surface area contributed by atoms with E-state index in [0.29, 0.717) is 5.69 Å². The number of nitrogen functional groups attached to an aromatic ring is 1. The van der Waals surface area contributed by atoms with Gasteiger partial charge in [0, 0.05) is 30.5 Å². The van der Waals surface area contributed by atoms with Gasteiger partial charge in [0.2, 0.25) is 5.91 Å². The van der Waals surface area contributed by atoms with Gasteiger partial charge in [0.05, 0.1) is 0 Å². The summed E-state index contributed by atoms with van der Waals surface area (Å²) >= 11 is 0. The third kappa shape index (κ3) is 4.09. The number of anilines is 1. The minimum Gasteiger partial charge on any atom is -0.398 e. The van der Waals surface area contributed by atoms with Crippen molar-refractivity contribution in [2.45, 2.75) is 32.4 Å². The Balaban J connectivity index is 1.85. The zero-order valence-electron chi connectivity index (χ0n) is 11.8. The molecule has 1 amide bonds. The molecule has 0 aliphatic carbocycles. The summed E-state index contributed by atoms with van der Waals surface area (Å²) in [6.07, 6.45) is 3.96. The maximum absolute atomic E-state index is 11.9. The Morgan fingerprint density at radius 3 is 2.80 bits per heavy atom. The van der Waals surface area contributed by atoms with E-state index in [9.17, 15) is 9.59 Å². The van der Waals surface area contributed by atoms with Gasteiger partial charge in [-0.25, -0.2) is 0 Å². The first-order valence-corrected chi connectivity index (χ1v) is 7.02. The number of carbonyl (C=O) groups is 1. The second-order valence-corrected chi connectivity index (χ2v) is 5.40. The van der Waals surface area contributed by atoms with Crippen LogP contribution in [0.1, 0.15) is 19.8 Å². The number of nitrogens with two attached hydrogens (primary N) is 1. The predicted octanol–water partition coefficient (Wildman–Crippen LogP) is 0.0310. The molecule has 6 nitrogen and oxygen atoms in total. The summed E-state index contributed by atoms with van der Waals surface area (Å²) in [6.45, 7) is 5.06. The number of hydrogen-bond acceptors (Lipinski definition) is 4. The van der Waals surface area contributed by atoms with Crippen molar-refractivity contribution in [1.82, 2.24) is 14.8 Å². The minimum atomic E-state index is -0.221. The minimum absolute atomic E-state index is 0.00815. The summed E-state index contributed by atoms with van der Waals surface area (Å²) < 4.78 is 1.33. The van der Waals surface area contributed by atoms with E-state index in [1.807, 2.05) is 6.92 Å². The van der Waals surface area contributed by atoms with E-state index in [4.69, 9.17) is 5.73 Å². The van der Waals surface area contributed by atoms with Crippen LogP contribution in [0.4, 0.5) is 5.69 Å². The van der Waals surface area contributed by atoms with Crippen LogP contribution in [0.3, 0.4) is 0 Å². The van der Waals surface area contributed by atoms with Crippen molar-refractivity contribution < 1.29 is 4.79 Å². The molecule has 1 aliphatic heterocycles. The van der Waals surface area contributed by atoms with Crippen molar-refractivity contribution in [3.8, 4) is 0 Å². The smallest absolute Gasteiger partial charge is 0.251 e. The number of nitrogens with zero attached hydrogens (tertiary/aromatic N) is 2. The molecule has 3 N–H and O–H groups in total. The Morgan fingerprint density at radius 2 is 2.10 bits per heavy atom. The SMILES string of the molecule is CC(CN1CCCC1)NC(=O)Cn1cc(N)ccc1=O. The number of nitrogens with one attached hydrogen (secondary N) is 1. The maximum atomic E-state index is 11.9. The fraction of sp³-hybridized carbons (Fsp3) is 0.571. The summed E-state index contributed by atoms with van der Waals surface area (Å²) in [5, 5.41) is 2.92. The average Bonchev–Trinajstić information content (AvgIpc) is 2.86. The highest BCUT2D eigenvalue weighted by atomic mass is 16.2. The summed E-state index contributed by atoms with van der Waals surface area (Å²) in [5.41, 5.74) is 5.87. The van der Waals surface area contributed by atoms with E-state index in [-0.39, 0.29) is 24.1 Å². The third-order valence-corrected chi connectivity index (χ3v) is 3.46. The first-order chi connectivity index (χ1) is 9.54. The molecule has 0 aromatic carbocycles. The monoisotopic (exact) mass is 278 g/mol. The molecule has 1 aliphatic rings. The van der Waals surface area contributed by atoms with Crippen LogP contribution in [0, 0.1) is 0 Å². The Hall–Kier alpha value is -1.82. The molecule has 1 unspecified atom stereocenters. The molecule has 1 fully saturated rings. The van der Waals surface area contributed by atoms with Gasteiger partial charge >= 0.3 is 0 Å². The fourth-order valence-electron chi connectivity index (χ4n) is 2.55. The second-order valence-electron chi connectivity index (χ2n) is 5.40. The molecule has 6 heteroatoms. The largest absolute Gasteiger partial charge is 0.398 e. The van der Waals surface area contributed by atoms with Gasteiger partial charge in [0.25, 0.3) is 5.56 Å². The quantitative estimate of drug-likeness (QED) is 0.796. The van der Waals surface area contributed by atoms with Gasteiger partial charge in [-0.3, -0.25) is 9.59 Å². The van der Waals surface area contributed by atoms with Crippen molar-refractivity contribution in [3.05, 3.63) is 28.7 Å². The Bertz CT molecular complexity index is 520. The average molecular weight is 278 g/mol. The summed E-state index contributed by atoms with van der Waals surface area (Å²) in [6, 6.07) is 2.99. The van der Waals surface area contributed by atoms with E-state index in [0.717, 1.165) is 19.6 Å². The van der Waals surface area contributed by atoms with Crippen molar-refractivity contribution >= 4 is 11.6 Å². The lowest BCUT2D eigenvalue weighted by Crippen LogP contribution is -2.43. The topological polar surface area (TPSA) is 80.4 Å². The molecule has 0 spiro atoms. The van der Waals surface area contributed by atoms with Crippen LogP contribution in [-0.4, -0.2) is 41.1 Å². The molecule has 1 aromatic rings. The van der Waals surface area contributed by atoms with E-state index in [2.05, 4.69) is 10.2 Å². The molecule has 0 bridgehead atoms. The molecule has 0 saturated carbocycles. The molecule has 0 radical (unpaired) electrons. The molecule has 1 aromatic heterocycles. The van der Waals surface area contributed by atoms with Gasteiger partial charge in [0.15, 0.2) is 0 Å². The van der Waals surface area contributed by atoms with E-state index < -0.39 is 0 Å². The first-order valence-electron chi connectivity index (χ1n) is 7.02. The van der Waals surface area contributed by atoms with Crippen LogP contribution in [0.2, 0.25) is 0 Å². The lowest BCUT2D eigenvalue weighted by atomic mass is 10.3. The molecular weight excluding hydrogens is 256 g/mol. The van der Waals surface area contributed by atoms with E-state index >= 15 is 0 Å². The van der Waals surface area contributed by atoms with Crippen LogP contribution in [-0.2, 0) is 11.3 Å². The van der Waals surface area contributed by atoms with Crippen LogP contribution < -0.4 is 16.6 Å². The van der Waals surface area contributed by atoms with Gasteiger partial charge in [-0.2, -0.15) is 0 Å². The van der Waals surface area contributed by atoms with Crippen molar-refractivity contribution in [2.24, 2.45) is 0 Å². The predicted molar refractivity (Wildman–Crippen MR) is 78.4 cm³/mol. The molecule has 2 rings (SSSR count). The second kappa shape index (κ2) is 6.56. The van der Waals surface area contributed by atoms with E-state index in [1.165, 1.54) is 35.7 Å². The summed E-state index contributed by atoms with van der Waals surface area (Å²) in [7, 11) is 0. The maximum Gasteiger partial charge on any atom is 0.251 e. The number of rotatable bonds is 5. The lowest BCUT2D eigenvalue weighted by Gasteiger charge is -2.21. The third-order valence-electron chi connectivity index (χ3n) is 3.46. The van der Waals surface area contributed by atoms with Crippen LogP contribution in [0.5, 0.6) is 0 Å². The first kappa shape index (κ1) is 14.6. The number of hydrogen-bond donors (Lipinski definition) is 2. The van der Waals surface area contributed by atoms with Crippen molar-refractivity contribution in [2.75, 3.05) is 25.4 Å². The number of aromatic nitrogens is 1. The fourth-order valence-corrected chi connectivity index (χ4v) is 2.55. The van der Waals surface area contributed by atoms with Crippen LogP contribution in [0.25, 0.3) is 0 Å². The highest BCUT2D eigenvalue weighted by Crippen LogP contribution is 2.07. The normalized spacial score (nSPS) is 17.1. The van der Waals surface area contributed by atoms with Crippen molar-refractivity contribution in [3.63, 3.8) is 0 Å². The number of pyridine rings is 1. The van der Waals surface area contributed by atoms with Gasteiger partial charge in [-0.15, -0.1) is 0 Å². The van der Waals surface area contributed by atoms with Gasteiger partial charge in [-0.1, -0.05) is 0 Å². The van der Waals surface area contributed by atoms with Gasteiger partial charge < -0.3 is 20.5 Å². The Morgan fingerprint density at radius 1 is 1.40 bits per heavy atom. The molecular formula is C14H22N4O2. The zero-order chi connectivity index (χ0) is 14.5. The Kier molecular flexibility index (Phi) is 4.79. The number of carbonyl (C=O) groups excluding carboxylic acids is 1. The molecule has 1 saturated heterocycles. The lowest BCUT2D eigenvalue weighted by molar-refractivity contribution is -0.122. The van der Waals surface area contributed by atoms with Crippen LogP contribution >= 0.6 is 0 Å². The zero-order valence-corrected chi connectivity index (χ0v) is 11.8. The Labute approximate surface area is 118 Å². The van der Waals surface area contributed by atoms with Gasteiger partial charge in [0.1, 0.15) is 6.54 Å².